The van der Waals surface area contributed by atoms with E-state index < -0.39 is 0 Å². The zero-order chi connectivity index (χ0) is 12.3. The molecule has 1 aromatic rings. The molecule has 17 heavy (non-hydrogen) atoms. The number of hydrogen-bond donors (Lipinski definition) is 2. The highest BCUT2D eigenvalue weighted by molar-refractivity contribution is 5.68. The monoisotopic (exact) mass is 227 g/mol. The Labute approximate surface area is 102 Å². The fraction of sp³-hybridized carbons (Fsp3) is 0.333. The number of hydrogen-bond acceptors (Lipinski definition) is 2. The maximum absolute atomic E-state index is 9.60. The number of fused-ring (bicyclic) bond motifs is 4. The van der Waals surface area contributed by atoms with Gasteiger partial charge in [-0.05, 0) is 35.5 Å². The number of aromatic hydroxyl groups is 1. The Hall–Kier alpha value is -1.70. The fourth-order valence-electron chi connectivity index (χ4n) is 2.91. The van der Waals surface area contributed by atoms with Crippen LogP contribution < -0.4 is 5.32 Å². The molecular weight excluding hydrogens is 210 g/mol. The van der Waals surface area contributed by atoms with E-state index in [0.29, 0.717) is 5.75 Å². The molecule has 0 amide bonds. The summed E-state index contributed by atoms with van der Waals surface area (Å²) in [6, 6.07) is 5.65. The minimum atomic E-state index is -0.0225. The number of benzene rings is 1. The molecule has 0 saturated heterocycles. The lowest BCUT2D eigenvalue weighted by Crippen LogP contribution is -2.47. The van der Waals surface area contributed by atoms with Gasteiger partial charge in [-0.3, -0.25) is 0 Å². The molecule has 2 heteroatoms. The summed E-state index contributed by atoms with van der Waals surface area (Å²) in [6.45, 7) is 6.77. The molecule has 2 nitrogen and oxygen atoms in total. The highest BCUT2D eigenvalue weighted by atomic mass is 16.3. The third kappa shape index (κ3) is 1.15. The normalized spacial score (nSPS) is 28.1. The van der Waals surface area contributed by atoms with E-state index in [4.69, 9.17) is 0 Å². The molecule has 0 spiro atoms. The van der Waals surface area contributed by atoms with Gasteiger partial charge in [0.2, 0.25) is 0 Å². The van der Waals surface area contributed by atoms with Gasteiger partial charge in [0.25, 0.3) is 0 Å². The number of phenols is 1. The second-order valence-electron chi connectivity index (χ2n) is 5.63. The molecule has 1 aliphatic heterocycles. The minimum Gasteiger partial charge on any atom is -0.508 e. The number of rotatable bonds is 0. The first kappa shape index (κ1) is 10.5. The van der Waals surface area contributed by atoms with Gasteiger partial charge in [-0.15, -0.1) is 0 Å². The van der Waals surface area contributed by atoms with Crippen molar-refractivity contribution in [2.75, 3.05) is 0 Å². The zero-order valence-corrected chi connectivity index (χ0v) is 10.4. The largest absolute Gasteiger partial charge is 0.508 e. The van der Waals surface area contributed by atoms with Crippen LogP contribution in [-0.2, 0) is 5.41 Å². The molecule has 0 saturated carbocycles. The molecule has 2 N–H and O–H groups in total. The van der Waals surface area contributed by atoms with Crippen LogP contribution in [0.3, 0.4) is 0 Å². The lowest BCUT2D eigenvalue weighted by atomic mass is 9.56. The van der Waals surface area contributed by atoms with Crippen LogP contribution in [0.2, 0.25) is 0 Å². The van der Waals surface area contributed by atoms with Gasteiger partial charge in [-0.25, -0.2) is 0 Å². The van der Waals surface area contributed by atoms with Crippen molar-refractivity contribution in [3.05, 3.63) is 47.3 Å². The number of allylic oxidation sites excluding steroid dienone is 2. The van der Waals surface area contributed by atoms with Crippen LogP contribution in [0.4, 0.5) is 0 Å². The standard InChI is InChI=1S/C15H17NO/c1-14(2)13-9-10-8-11(17)4-5-12(10)15(14,3)6-7-16-13/h4-9,16-17H,1-3H3. The van der Waals surface area contributed by atoms with Crippen LogP contribution in [0.5, 0.6) is 5.75 Å². The Morgan fingerprint density at radius 1 is 1.18 bits per heavy atom. The molecule has 0 aromatic heterocycles. The molecule has 1 atom stereocenters. The molecule has 1 aliphatic carbocycles. The predicted octanol–water partition coefficient (Wildman–Crippen LogP) is 3.15. The van der Waals surface area contributed by atoms with Crippen LogP contribution in [0.15, 0.2) is 36.2 Å². The van der Waals surface area contributed by atoms with Crippen LogP contribution in [0.1, 0.15) is 31.9 Å². The third-order valence-corrected chi connectivity index (χ3v) is 4.52. The van der Waals surface area contributed by atoms with E-state index in [2.05, 4.69) is 38.2 Å². The maximum Gasteiger partial charge on any atom is 0.116 e. The average Bonchev–Trinajstić information content (AvgIpc) is 2.23. The smallest absolute Gasteiger partial charge is 0.116 e. The van der Waals surface area contributed by atoms with Gasteiger partial charge in [-0.1, -0.05) is 32.9 Å². The van der Waals surface area contributed by atoms with E-state index in [1.54, 1.807) is 6.07 Å². The van der Waals surface area contributed by atoms with Gasteiger partial charge in [0.05, 0.1) is 0 Å². The molecule has 2 aliphatic rings. The number of phenolic OH excluding ortho intramolecular Hbond substituents is 1. The van der Waals surface area contributed by atoms with Crippen molar-refractivity contribution >= 4 is 6.08 Å². The fourth-order valence-corrected chi connectivity index (χ4v) is 2.91. The Morgan fingerprint density at radius 3 is 2.71 bits per heavy atom. The van der Waals surface area contributed by atoms with Gasteiger partial charge < -0.3 is 10.4 Å². The van der Waals surface area contributed by atoms with E-state index in [-0.39, 0.29) is 10.8 Å². The quantitative estimate of drug-likeness (QED) is 0.713. The van der Waals surface area contributed by atoms with Crippen molar-refractivity contribution in [2.24, 2.45) is 5.41 Å². The van der Waals surface area contributed by atoms with Gasteiger partial charge in [0, 0.05) is 16.5 Å². The lowest BCUT2D eigenvalue weighted by molar-refractivity contribution is 0.258. The lowest BCUT2D eigenvalue weighted by Gasteiger charge is -2.50. The molecule has 0 radical (unpaired) electrons. The third-order valence-electron chi connectivity index (χ3n) is 4.52. The van der Waals surface area contributed by atoms with Crippen molar-refractivity contribution < 1.29 is 5.11 Å². The summed E-state index contributed by atoms with van der Waals surface area (Å²) in [6.07, 6.45) is 6.38. The van der Waals surface area contributed by atoms with E-state index in [9.17, 15) is 5.11 Å². The second kappa shape index (κ2) is 2.95. The summed E-state index contributed by atoms with van der Waals surface area (Å²) in [5.41, 5.74) is 3.62. The molecule has 2 bridgehead atoms. The van der Waals surface area contributed by atoms with Crippen molar-refractivity contribution in [3.8, 4) is 5.75 Å². The first-order valence-electron chi connectivity index (χ1n) is 5.95. The van der Waals surface area contributed by atoms with E-state index >= 15 is 0 Å². The summed E-state index contributed by atoms with van der Waals surface area (Å²) < 4.78 is 0. The van der Waals surface area contributed by atoms with E-state index in [1.807, 2.05) is 18.3 Å². The van der Waals surface area contributed by atoms with Gasteiger partial charge in [0.1, 0.15) is 5.75 Å². The first-order chi connectivity index (χ1) is 7.95. The molecule has 1 heterocycles. The van der Waals surface area contributed by atoms with Crippen molar-refractivity contribution in [1.29, 1.82) is 0 Å². The number of nitrogens with one attached hydrogen (secondary N) is 1. The Balaban J connectivity index is 2.36. The molecule has 0 fully saturated rings. The van der Waals surface area contributed by atoms with Gasteiger partial charge >= 0.3 is 0 Å². The summed E-state index contributed by atoms with van der Waals surface area (Å²) in [5.74, 6) is 0.325. The highest BCUT2D eigenvalue weighted by Crippen LogP contribution is 2.53. The first-order valence-corrected chi connectivity index (χ1v) is 5.95. The Morgan fingerprint density at radius 2 is 1.94 bits per heavy atom. The average molecular weight is 227 g/mol. The molecule has 1 unspecified atom stereocenters. The van der Waals surface area contributed by atoms with Crippen LogP contribution >= 0.6 is 0 Å². The predicted molar refractivity (Wildman–Crippen MR) is 69.5 cm³/mol. The van der Waals surface area contributed by atoms with Crippen LogP contribution in [0.25, 0.3) is 6.08 Å². The second-order valence-corrected chi connectivity index (χ2v) is 5.63. The topological polar surface area (TPSA) is 32.3 Å². The Bertz CT molecular complexity index is 554. The molecule has 88 valence electrons. The SMILES string of the molecule is CC1(C)C2=Cc3cc(O)ccc3C1(C)C=CN2. The minimum absolute atomic E-state index is 0.0225. The summed E-state index contributed by atoms with van der Waals surface area (Å²) in [4.78, 5) is 0. The van der Waals surface area contributed by atoms with Crippen LogP contribution in [0, 0.1) is 5.41 Å². The molecular formula is C15H17NO. The van der Waals surface area contributed by atoms with Crippen molar-refractivity contribution in [2.45, 2.75) is 26.2 Å². The van der Waals surface area contributed by atoms with Gasteiger partial charge in [-0.2, -0.15) is 0 Å². The highest BCUT2D eigenvalue weighted by Gasteiger charge is 2.48. The van der Waals surface area contributed by atoms with E-state index in [0.717, 1.165) is 5.56 Å². The molecule has 3 rings (SSSR count). The summed E-state index contributed by atoms with van der Waals surface area (Å²) in [5, 5.41) is 12.9. The maximum atomic E-state index is 9.60. The summed E-state index contributed by atoms with van der Waals surface area (Å²) in [7, 11) is 0. The van der Waals surface area contributed by atoms with Gasteiger partial charge in [0.15, 0.2) is 0 Å². The Kier molecular flexibility index (Phi) is 1.81. The van der Waals surface area contributed by atoms with E-state index in [1.165, 1.54) is 11.3 Å². The van der Waals surface area contributed by atoms with Crippen molar-refractivity contribution in [1.82, 2.24) is 5.32 Å². The zero-order valence-electron chi connectivity index (χ0n) is 10.4. The summed E-state index contributed by atoms with van der Waals surface area (Å²) >= 11 is 0. The molecule has 1 aromatic carbocycles. The van der Waals surface area contributed by atoms with Crippen molar-refractivity contribution in [3.63, 3.8) is 0 Å². The van der Waals surface area contributed by atoms with Crippen LogP contribution in [-0.4, -0.2) is 5.11 Å².